The summed E-state index contributed by atoms with van der Waals surface area (Å²) in [5, 5.41) is 7.98. The molecule has 1 aromatic heterocycles. The quantitative estimate of drug-likeness (QED) is 0.785. The van der Waals surface area contributed by atoms with Crippen molar-refractivity contribution in [3.8, 4) is 0 Å². The Morgan fingerprint density at radius 1 is 1.12 bits per heavy atom. The number of amides is 1. The van der Waals surface area contributed by atoms with Crippen molar-refractivity contribution in [1.29, 1.82) is 0 Å². The highest BCUT2D eigenvalue weighted by Gasteiger charge is 2.24. The minimum Gasteiger partial charge on any atom is -0.445 e. The van der Waals surface area contributed by atoms with Gasteiger partial charge in [-0.15, -0.1) is 0 Å². The number of piperazine rings is 1. The molecule has 4 rings (SSSR count). The van der Waals surface area contributed by atoms with Gasteiger partial charge in [-0.3, -0.25) is 5.10 Å². The van der Waals surface area contributed by atoms with Gasteiger partial charge in [-0.2, -0.15) is 5.10 Å². The number of hydrogen-bond donors (Lipinski definition) is 1. The zero-order chi connectivity index (χ0) is 17.9. The Morgan fingerprint density at radius 3 is 2.65 bits per heavy atom. The molecule has 1 fully saturated rings. The number of nitrogens with zero attached hydrogens (tertiary/aromatic N) is 3. The Bertz CT molecular complexity index is 904. The molecule has 0 spiro atoms. The summed E-state index contributed by atoms with van der Waals surface area (Å²) >= 11 is 0. The third-order valence-corrected chi connectivity index (χ3v) is 4.55. The van der Waals surface area contributed by atoms with E-state index < -0.39 is 0 Å². The fourth-order valence-corrected chi connectivity index (χ4v) is 3.12. The van der Waals surface area contributed by atoms with Gasteiger partial charge in [0.15, 0.2) is 5.82 Å². The van der Waals surface area contributed by atoms with E-state index >= 15 is 0 Å². The van der Waals surface area contributed by atoms with Gasteiger partial charge >= 0.3 is 6.09 Å². The third-order valence-electron chi connectivity index (χ3n) is 4.55. The van der Waals surface area contributed by atoms with E-state index in [4.69, 9.17) is 4.74 Å². The molecule has 0 bridgehead atoms. The lowest BCUT2D eigenvalue weighted by Crippen LogP contribution is -2.49. The number of halogens is 1. The molecule has 7 heteroatoms. The number of benzene rings is 2. The molecule has 6 nitrogen and oxygen atoms in total. The van der Waals surface area contributed by atoms with Crippen molar-refractivity contribution in [1.82, 2.24) is 15.1 Å². The van der Waals surface area contributed by atoms with E-state index in [2.05, 4.69) is 15.1 Å². The molecular formula is C19H19FN4O2. The van der Waals surface area contributed by atoms with E-state index in [0.29, 0.717) is 26.2 Å². The van der Waals surface area contributed by atoms with Gasteiger partial charge in [-0.05, 0) is 23.8 Å². The Morgan fingerprint density at radius 2 is 1.88 bits per heavy atom. The van der Waals surface area contributed by atoms with Crippen molar-refractivity contribution in [3.63, 3.8) is 0 Å². The monoisotopic (exact) mass is 354 g/mol. The highest BCUT2D eigenvalue weighted by molar-refractivity contribution is 5.90. The number of fused-ring (bicyclic) bond motifs is 1. The molecule has 2 heterocycles. The zero-order valence-corrected chi connectivity index (χ0v) is 14.2. The largest absolute Gasteiger partial charge is 0.445 e. The number of carbonyl (C=O) groups excluding carboxylic acids is 1. The molecule has 3 aromatic rings. The molecule has 1 amide bonds. The molecule has 0 atom stereocenters. The lowest BCUT2D eigenvalue weighted by atomic mass is 10.2. The number of carbonyl (C=O) groups is 1. The summed E-state index contributed by atoms with van der Waals surface area (Å²) in [6.45, 7) is 2.59. The van der Waals surface area contributed by atoms with Crippen LogP contribution in [0.25, 0.3) is 10.9 Å². The molecule has 1 aliphatic heterocycles. The maximum atomic E-state index is 13.5. The number of aromatic nitrogens is 2. The average molecular weight is 354 g/mol. The second-order valence-corrected chi connectivity index (χ2v) is 6.25. The molecule has 26 heavy (non-hydrogen) atoms. The number of anilines is 1. The SMILES string of the molecule is O=C(OCc1ccccc1)N1CCN(c2n[nH]c3ccc(F)cc23)CC1. The minimum atomic E-state index is -0.313. The summed E-state index contributed by atoms with van der Waals surface area (Å²) in [6.07, 6.45) is -0.313. The van der Waals surface area contributed by atoms with Crippen LogP contribution in [0, 0.1) is 5.82 Å². The van der Waals surface area contributed by atoms with Gasteiger partial charge < -0.3 is 14.5 Å². The predicted octanol–water partition coefficient (Wildman–Crippen LogP) is 3.16. The van der Waals surface area contributed by atoms with Crippen LogP contribution < -0.4 is 4.90 Å². The first-order valence-electron chi connectivity index (χ1n) is 8.55. The van der Waals surface area contributed by atoms with E-state index in [1.54, 1.807) is 11.0 Å². The number of H-pyrrole nitrogens is 1. The number of nitrogens with one attached hydrogen (secondary N) is 1. The van der Waals surface area contributed by atoms with Gasteiger partial charge in [0, 0.05) is 31.6 Å². The fourth-order valence-electron chi connectivity index (χ4n) is 3.12. The van der Waals surface area contributed by atoms with E-state index in [9.17, 15) is 9.18 Å². The van der Waals surface area contributed by atoms with Crippen LogP contribution in [-0.2, 0) is 11.3 Å². The van der Waals surface area contributed by atoms with E-state index in [-0.39, 0.29) is 18.5 Å². The molecule has 0 unspecified atom stereocenters. The van der Waals surface area contributed by atoms with Gasteiger partial charge in [0.1, 0.15) is 12.4 Å². The number of ether oxygens (including phenoxy) is 1. The normalized spacial score (nSPS) is 14.7. The molecule has 1 saturated heterocycles. The summed E-state index contributed by atoms with van der Waals surface area (Å²) < 4.78 is 18.9. The molecule has 1 aliphatic rings. The molecular weight excluding hydrogens is 335 g/mol. The van der Waals surface area contributed by atoms with Crippen molar-refractivity contribution < 1.29 is 13.9 Å². The summed E-state index contributed by atoms with van der Waals surface area (Å²) in [5.74, 6) is 0.431. The molecule has 2 aromatic carbocycles. The van der Waals surface area contributed by atoms with Crippen molar-refractivity contribution in [2.24, 2.45) is 0 Å². The summed E-state index contributed by atoms with van der Waals surface area (Å²) in [4.78, 5) is 16.0. The van der Waals surface area contributed by atoms with Crippen LogP contribution in [-0.4, -0.2) is 47.4 Å². The number of aromatic amines is 1. The van der Waals surface area contributed by atoms with Crippen molar-refractivity contribution in [3.05, 3.63) is 59.9 Å². The van der Waals surface area contributed by atoms with Crippen LogP contribution in [0.5, 0.6) is 0 Å². The molecule has 0 radical (unpaired) electrons. The lowest BCUT2D eigenvalue weighted by molar-refractivity contribution is 0.0941. The van der Waals surface area contributed by atoms with Gasteiger partial charge in [0.05, 0.1) is 5.52 Å². The first kappa shape index (κ1) is 16.4. The lowest BCUT2D eigenvalue weighted by Gasteiger charge is -2.34. The average Bonchev–Trinajstić information content (AvgIpc) is 3.10. The van der Waals surface area contributed by atoms with E-state index in [1.165, 1.54) is 12.1 Å². The summed E-state index contributed by atoms with van der Waals surface area (Å²) in [5.41, 5.74) is 1.76. The van der Waals surface area contributed by atoms with Crippen LogP contribution >= 0.6 is 0 Å². The van der Waals surface area contributed by atoms with Crippen molar-refractivity contribution in [2.45, 2.75) is 6.61 Å². The van der Waals surface area contributed by atoms with Crippen LogP contribution in [0.2, 0.25) is 0 Å². The topological polar surface area (TPSA) is 61.5 Å². The van der Waals surface area contributed by atoms with Crippen LogP contribution in [0.4, 0.5) is 15.0 Å². The first-order valence-corrected chi connectivity index (χ1v) is 8.55. The Kier molecular flexibility index (Phi) is 4.43. The van der Waals surface area contributed by atoms with Gasteiger partial charge in [-0.1, -0.05) is 30.3 Å². The number of rotatable bonds is 3. The minimum absolute atomic E-state index is 0.267. The maximum absolute atomic E-state index is 13.5. The third kappa shape index (κ3) is 3.33. The van der Waals surface area contributed by atoms with Gasteiger partial charge in [0.2, 0.25) is 0 Å². The van der Waals surface area contributed by atoms with Gasteiger partial charge in [-0.25, -0.2) is 9.18 Å². The van der Waals surface area contributed by atoms with Crippen LogP contribution in [0.3, 0.4) is 0 Å². The van der Waals surface area contributed by atoms with E-state index in [1.807, 2.05) is 30.3 Å². The van der Waals surface area contributed by atoms with E-state index in [0.717, 1.165) is 22.3 Å². The Hall–Kier alpha value is -3.09. The van der Waals surface area contributed by atoms with Crippen molar-refractivity contribution >= 4 is 22.8 Å². The summed E-state index contributed by atoms with van der Waals surface area (Å²) in [7, 11) is 0. The number of hydrogen-bond acceptors (Lipinski definition) is 4. The molecule has 0 saturated carbocycles. The second-order valence-electron chi connectivity index (χ2n) is 6.25. The standard InChI is InChI=1S/C19H19FN4O2/c20-15-6-7-17-16(12-15)18(22-21-17)23-8-10-24(11-9-23)19(25)26-13-14-4-2-1-3-5-14/h1-7,12H,8-11,13H2,(H,21,22). The highest BCUT2D eigenvalue weighted by Crippen LogP contribution is 2.25. The Labute approximate surface area is 150 Å². The zero-order valence-electron chi connectivity index (χ0n) is 14.2. The molecule has 0 aliphatic carbocycles. The van der Waals surface area contributed by atoms with Crippen LogP contribution in [0.1, 0.15) is 5.56 Å². The molecule has 134 valence electrons. The predicted molar refractivity (Wildman–Crippen MR) is 96.5 cm³/mol. The fraction of sp³-hybridized carbons (Fsp3) is 0.263. The summed E-state index contributed by atoms with van der Waals surface area (Å²) in [6, 6.07) is 14.2. The van der Waals surface area contributed by atoms with Crippen LogP contribution in [0.15, 0.2) is 48.5 Å². The van der Waals surface area contributed by atoms with Crippen molar-refractivity contribution in [2.75, 3.05) is 31.1 Å². The smallest absolute Gasteiger partial charge is 0.410 e. The highest BCUT2D eigenvalue weighted by atomic mass is 19.1. The first-order chi connectivity index (χ1) is 12.7. The Balaban J connectivity index is 1.36. The van der Waals surface area contributed by atoms with Gasteiger partial charge in [0.25, 0.3) is 0 Å². The molecule has 1 N–H and O–H groups in total. The second kappa shape index (κ2) is 7.03. The maximum Gasteiger partial charge on any atom is 0.410 e.